The van der Waals surface area contributed by atoms with Gasteiger partial charge >= 0.3 is 0 Å². The lowest BCUT2D eigenvalue weighted by atomic mass is 10.1. The van der Waals surface area contributed by atoms with E-state index in [1.807, 2.05) is 61.5 Å². The van der Waals surface area contributed by atoms with Gasteiger partial charge in [-0.15, -0.1) is 0 Å². The third-order valence-corrected chi connectivity index (χ3v) is 2.98. The van der Waals surface area contributed by atoms with Gasteiger partial charge in [0.05, 0.1) is 19.3 Å². The molecule has 3 nitrogen and oxygen atoms in total. The monoisotopic (exact) mass is 272 g/mol. The predicted octanol–water partition coefficient (Wildman–Crippen LogP) is 3.59. The highest BCUT2D eigenvalue weighted by atomic mass is 16.5. The van der Waals surface area contributed by atoms with Gasteiger partial charge in [0, 0.05) is 12.0 Å². The van der Waals surface area contributed by atoms with Crippen LogP contribution in [0, 0.1) is 0 Å². The molecule has 0 amide bonds. The number of aliphatic hydroxyl groups excluding tert-OH is 1. The second-order valence-corrected chi connectivity index (χ2v) is 4.44. The number of para-hydroxylation sites is 2. The highest BCUT2D eigenvalue weighted by Crippen LogP contribution is 2.27. The lowest BCUT2D eigenvalue weighted by Gasteiger charge is -2.16. The van der Waals surface area contributed by atoms with Crippen LogP contribution in [0.2, 0.25) is 0 Å². The lowest BCUT2D eigenvalue weighted by Crippen LogP contribution is -2.07. The van der Waals surface area contributed by atoms with E-state index in [1.165, 1.54) is 0 Å². The van der Waals surface area contributed by atoms with Gasteiger partial charge < -0.3 is 14.6 Å². The summed E-state index contributed by atoms with van der Waals surface area (Å²) in [5.41, 5.74) is 0.811. The molecule has 1 atom stereocenters. The van der Waals surface area contributed by atoms with E-state index >= 15 is 0 Å². The molecule has 0 bridgehead atoms. The zero-order valence-electron chi connectivity index (χ0n) is 11.7. The Morgan fingerprint density at radius 1 is 0.950 bits per heavy atom. The Morgan fingerprint density at radius 2 is 1.65 bits per heavy atom. The van der Waals surface area contributed by atoms with E-state index in [9.17, 15) is 5.11 Å². The molecule has 0 aliphatic heterocycles. The van der Waals surface area contributed by atoms with Crippen molar-refractivity contribution in [1.29, 1.82) is 0 Å². The van der Waals surface area contributed by atoms with E-state index < -0.39 is 6.10 Å². The Labute approximate surface area is 119 Å². The topological polar surface area (TPSA) is 38.7 Å². The highest BCUT2D eigenvalue weighted by molar-refractivity contribution is 5.35. The van der Waals surface area contributed by atoms with Gasteiger partial charge in [-0.25, -0.2) is 0 Å². The Balaban J connectivity index is 1.90. The van der Waals surface area contributed by atoms with Crippen LogP contribution in [-0.2, 0) is 0 Å². The largest absolute Gasteiger partial charge is 0.493 e. The van der Waals surface area contributed by atoms with Crippen molar-refractivity contribution in [3.8, 4) is 11.5 Å². The van der Waals surface area contributed by atoms with Crippen molar-refractivity contribution in [2.24, 2.45) is 0 Å². The zero-order chi connectivity index (χ0) is 14.2. The molecule has 1 N–H and O–H groups in total. The van der Waals surface area contributed by atoms with E-state index in [0.717, 1.165) is 17.1 Å². The van der Waals surface area contributed by atoms with Crippen molar-refractivity contribution >= 4 is 0 Å². The molecule has 0 aromatic heterocycles. The number of ether oxygens (including phenoxy) is 2. The number of aliphatic hydroxyl groups is 1. The van der Waals surface area contributed by atoms with Crippen LogP contribution < -0.4 is 9.47 Å². The minimum absolute atomic E-state index is 0.464. The summed E-state index contributed by atoms with van der Waals surface area (Å²) >= 11 is 0. The standard InChI is InChI=1S/C17H20O3/c1-2-19-17-11-7-6-10-15(17)16(18)12-13-20-14-8-4-3-5-9-14/h3-11,16,18H,2,12-13H2,1H3. The molecule has 2 aromatic rings. The molecule has 0 saturated heterocycles. The molecule has 106 valence electrons. The molecule has 3 heteroatoms. The molecular formula is C17H20O3. The molecule has 0 radical (unpaired) electrons. The van der Waals surface area contributed by atoms with Crippen LogP contribution in [0.25, 0.3) is 0 Å². The smallest absolute Gasteiger partial charge is 0.125 e. The molecule has 0 aliphatic rings. The lowest BCUT2D eigenvalue weighted by molar-refractivity contribution is 0.137. The van der Waals surface area contributed by atoms with Gasteiger partial charge in [0.25, 0.3) is 0 Å². The minimum atomic E-state index is -0.582. The average molecular weight is 272 g/mol. The zero-order valence-corrected chi connectivity index (χ0v) is 11.7. The molecule has 1 unspecified atom stereocenters. The molecule has 0 aliphatic carbocycles. The summed E-state index contributed by atoms with van der Waals surface area (Å²) in [5, 5.41) is 10.2. The molecule has 0 saturated carbocycles. The highest BCUT2D eigenvalue weighted by Gasteiger charge is 2.12. The Morgan fingerprint density at radius 3 is 2.40 bits per heavy atom. The van der Waals surface area contributed by atoms with Gasteiger partial charge in [0.15, 0.2) is 0 Å². The van der Waals surface area contributed by atoms with E-state index in [4.69, 9.17) is 9.47 Å². The van der Waals surface area contributed by atoms with Gasteiger partial charge in [-0.3, -0.25) is 0 Å². The summed E-state index contributed by atoms with van der Waals surface area (Å²) in [6.45, 7) is 2.98. The molecule has 20 heavy (non-hydrogen) atoms. The van der Waals surface area contributed by atoms with Crippen LogP contribution in [-0.4, -0.2) is 18.3 Å². The quantitative estimate of drug-likeness (QED) is 0.837. The summed E-state index contributed by atoms with van der Waals surface area (Å²) in [6, 6.07) is 17.2. The maximum atomic E-state index is 10.2. The molecule has 2 aromatic carbocycles. The fourth-order valence-electron chi connectivity index (χ4n) is 2.00. The first-order chi connectivity index (χ1) is 9.81. The molecule has 2 rings (SSSR count). The van der Waals surface area contributed by atoms with Gasteiger partial charge in [0.2, 0.25) is 0 Å². The van der Waals surface area contributed by atoms with Crippen LogP contribution in [0.4, 0.5) is 0 Å². The number of hydrogen-bond acceptors (Lipinski definition) is 3. The second-order valence-electron chi connectivity index (χ2n) is 4.44. The molecule has 0 spiro atoms. The third-order valence-electron chi connectivity index (χ3n) is 2.98. The van der Waals surface area contributed by atoms with Gasteiger partial charge in [-0.2, -0.15) is 0 Å². The number of benzene rings is 2. The normalized spacial score (nSPS) is 11.9. The Hall–Kier alpha value is -2.00. The first-order valence-electron chi connectivity index (χ1n) is 6.89. The van der Waals surface area contributed by atoms with E-state index in [1.54, 1.807) is 0 Å². The van der Waals surface area contributed by atoms with Gasteiger partial charge in [-0.05, 0) is 25.1 Å². The van der Waals surface area contributed by atoms with Crippen molar-refractivity contribution in [2.45, 2.75) is 19.4 Å². The van der Waals surface area contributed by atoms with E-state index in [0.29, 0.717) is 19.6 Å². The van der Waals surface area contributed by atoms with Crippen LogP contribution in [0.5, 0.6) is 11.5 Å². The molecule has 0 heterocycles. The average Bonchev–Trinajstić information content (AvgIpc) is 2.49. The van der Waals surface area contributed by atoms with Gasteiger partial charge in [0.1, 0.15) is 11.5 Å². The van der Waals surface area contributed by atoms with Crippen molar-refractivity contribution in [1.82, 2.24) is 0 Å². The van der Waals surface area contributed by atoms with Gasteiger partial charge in [-0.1, -0.05) is 36.4 Å². The van der Waals surface area contributed by atoms with Crippen molar-refractivity contribution in [2.75, 3.05) is 13.2 Å². The van der Waals surface area contributed by atoms with Crippen molar-refractivity contribution < 1.29 is 14.6 Å². The fraction of sp³-hybridized carbons (Fsp3) is 0.294. The first kappa shape index (κ1) is 14.4. The fourth-order valence-corrected chi connectivity index (χ4v) is 2.00. The maximum Gasteiger partial charge on any atom is 0.125 e. The summed E-state index contributed by atoms with van der Waals surface area (Å²) in [5.74, 6) is 1.56. The summed E-state index contributed by atoms with van der Waals surface area (Å²) in [6.07, 6.45) is -0.0552. The number of hydrogen-bond donors (Lipinski definition) is 1. The molecular weight excluding hydrogens is 252 g/mol. The Bertz CT molecular complexity index is 511. The summed E-state index contributed by atoms with van der Waals surface area (Å²) < 4.78 is 11.1. The van der Waals surface area contributed by atoms with Crippen LogP contribution in [0.1, 0.15) is 25.0 Å². The van der Waals surface area contributed by atoms with E-state index in [2.05, 4.69) is 0 Å². The Kier molecular flexibility index (Phi) is 5.44. The predicted molar refractivity (Wildman–Crippen MR) is 79.1 cm³/mol. The van der Waals surface area contributed by atoms with E-state index in [-0.39, 0.29) is 0 Å². The summed E-state index contributed by atoms with van der Waals surface area (Å²) in [7, 11) is 0. The van der Waals surface area contributed by atoms with Crippen LogP contribution in [0.15, 0.2) is 54.6 Å². The van der Waals surface area contributed by atoms with Crippen LogP contribution in [0.3, 0.4) is 0 Å². The molecule has 0 fully saturated rings. The minimum Gasteiger partial charge on any atom is -0.493 e. The third kappa shape index (κ3) is 4.00. The number of rotatable bonds is 7. The second kappa shape index (κ2) is 7.56. The maximum absolute atomic E-state index is 10.2. The van der Waals surface area contributed by atoms with Crippen molar-refractivity contribution in [3.63, 3.8) is 0 Å². The summed E-state index contributed by atoms with van der Waals surface area (Å²) in [4.78, 5) is 0. The first-order valence-corrected chi connectivity index (χ1v) is 6.89. The van der Waals surface area contributed by atoms with Crippen LogP contribution >= 0.6 is 0 Å². The van der Waals surface area contributed by atoms with Crippen molar-refractivity contribution in [3.05, 3.63) is 60.2 Å². The SMILES string of the molecule is CCOc1ccccc1C(O)CCOc1ccccc1.